The highest BCUT2D eigenvalue weighted by atomic mass is 19.4. The Hall–Kier alpha value is -2.95. The van der Waals surface area contributed by atoms with Gasteiger partial charge in [0.2, 0.25) is 5.69 Å². The fourth-order valence-corrected chi connectivity index (χ4v) is 3.37. The quantitative estimate of drug-likeness (QED) is 0.358. The third kappa shape index (κ3) is 4.56. The molecule has 0 aliphatic carbocycles. The number of aryl methyl sites for hydroxylation is 1. The second kappa shape index (κ2) is 8.60. The van der Waals surface area contributed by atoms with Gasteiger partial charge in [-0.25, -0.2) is 4.98 Å². The normalized spacial score (nSPS) is 12.8. The van der Waals surface area contributed by atoms with Crippen LogP contribution in [0.2, 0.25) is 0 Å². The Morgan fingerprint density at radius 3 is 2.48 bits per heavy atom. The summed E-state index contributed by atoms with van der Waals surface area (Å²) in [4.78, 5) is 4.56. The summed E-state index contributed by atoms with van der Waals surface area (Å²) in [5.74, 6) is 0. The van der Waals surface area contributed by atoms with E-state index in [0.717, 1.165) is 46.3 Å². The molecule has 1 aromatic carbocycles. The molecule has 0 spiro atoms. The van der Waals surface area contributed by atoms with Crippen LogP contribution >= 0.6 is 0 Å². The van der Waals surface area contributed by atoms with Crippen molar-refractivity contribution in [1.82, 2.24) is 4.98 Å². The number of halogens is 3. The van der Waals surface area contributed by atoms with Crippen molar-refractivity contribution < 1.29 is 17.7 Å². The summed E-state index contributed by atoms with van der Waals surface area (Å²) in [6, 6.07) is 9.16. The van der Waals surface area contributed by atoms with E-state index in [4.69, 9.17) is 0 Å². The van der Waals surface area contributed by atoms with Gasteiger partial charge >= 0.3 is 6.18 Å². The Labute approximate surface area is 169 Å². The lowest BCUT2D eigenvalue weighted by molar-refractivity contribution is -0.676. The molecule has 0 aliphatic heterocycles. The largest absolute Gasteiger partial charge is 0.416 e. The molecule has 29 heavy (non-hydrogen) atoms. The second-order valence-electron chi connectivity index (χ2n) is 6.94. The molecular formula is C24H24F3N2+. The van der Waals surface area contributed by atoms with Crippen LogP contribution in [0, 0.1) is 6.92 Å². The number of rotatable bonds is 5. The van der Waals surface area contributed by atoms with Crippen LogP contribution in [0.15, 0.2) is 72.6 Å². The molecule has 0 bridgehead atoms. The molecule has 150 valence electrons. The molecule has 5 heteroatoms. The lowest BCUT2D eigenvalue weighted by atomic mass is 10.0. The van der Waals surface area contributed by atoms with Gasteiger partial charge in [-0.3, -0.25) is 0 Å². The summed E-state index contributed by atoms with van der Waals surface area (Å²) in [6.45, 7) is 6.69. The Kier molecular flexibility index (Phi) is 6.16. The summed E-state index contributed by atoms with van der Waals surface area (Å²) in [5.41, 5.74) is 3.83. The van der Waals surface area contributed by atoms with Crippen LogP contribution in [0.4, 0.5) is 13.2 Å². The summed E-state index contributed by atoms with van der Waals surface area (Å²) >= 11 is 0. The first kappa shape index (κ1) is 20.8. The number of allylic oxidation sites excluding steroid dienone is 4. The van der Waals surface area contributed by atoms with Crippen LogP contribution in [-0.2, 0) is 12.7 Å². The van der Waals surface area contributed by atoms with Gasteiger partial charge in [-0.15, -0.1) is 0 Å². The first-order valence-corrected chi connectivity index (χ1v) is 9.62. The lowest BCUT2D eigenvalue weighted by Gasteiger charge is -2.11. The Morgan fingerprint density at radius 1 is 1.14 bits per heavy atom. The maximum atomic E-state index is 13.0. The predicted molar refractivity (Wildman–Crippen MR) is 110 cm³/mol. The van der Waals surface area contributed by atoms with E-state index >= 15 is 0 Å². The van der Waals surface area contributed by atoms with E-state index in [0.29, 0.717) is 12.1 Å². The zero-order valence-electron chi connectivity index (χ0n) is 16.8. The zero-order valence-corrected chi connectivity index (χ0v) is 16.8. The Morgan fingerprint density at radius 2 is 1.86 bits per heavy atom. The first-order valence-electron chi connectivity index (χ1n) is 9.62. The summed E-state index contributed by atoms with van der Waals surface area (Å²) in [5, 5.41) is 0.991. The number of fused-ring (bicyclic) bond motifs is 1. The van der Waals surface area contributed by atoms with Crippen LogP contribution in [0.25, 0.3) is 22.2 Å². The second-order valence-corrected chi connectivity index (χ2v) is 6.94. The number of pyridine rings is 2. The van der Waals surface area contributed by atoms with Crippen molar-refractivity contribution in [1.29, 1.82) is 0 Å². The SMILES string of the molecule is C/C=C(\C=C/CC)C[n+]1cc(C)c2cccnc2c1-c1ccc(C(F)(F)F)cc1. The fraction of sp³-hybridized carbons (Fsp3) is 0.250. The lowest BCUT2D eigenvalue weighted by Crippen LogP contribution is -2.37. The topological polar surface area (TPSA) is 16.8 Å². The van der Waals surface area contributed by atoms with E-state index in [-0.39, 0.29) is 0 Å². The number of nitrogens with zero attached hydrogens (tertiary/aromatic N) is 2. The van der Waals surface area contributed by atoms with Crippen molar-refractivity contribution in [3.63, 3.8) is 0 Å². The monoisotopic (exact) mass is 397 g/mol. The molecule has 3 rings (SSSR count). The molecule has 2 aromatic heterocycles. The van der Waals surface area contributed by atoms with Gasteiger partial charge in [0.05, 0.1) is 5.56 Å². The minimum atomic E-state index is -4.36. The van der Waals surface area contributed by atoms with E-state index in [9.17, 15) is 13.2 Å². The van der Waals surface area contributed by atoms with E-state index in [2.05, 4.69) is 28.6 Å². The van der Waals surface area contributed by atoms with Crippen molar-refractivity contribution in [3.8, 4) is 11.3 Å². The third-order valence-electron chi connectivity index (χ3n) is 4.87. The highest BCUT2D eigenvalue weighted by Gasteiger charge is 2.30. The fourth-order valence-electron chi connectivity index (χ4n) is 3.37. The van der Waals surface area contributed by atoms with Crippen LogP contribution in [-0.4, -0.2) is 4.98 Å². The summed E-state index contributed by atoms with van der Waals surface area (Å²) < 4.78 is 41.1. The van der Waals surface area contributed by atoms with Crippen molar-refractivity contribution in [2.75, 3.05) is 0 Å². The van der Waals surface area contributed by atoms with Crippen molar-refractivity contribution in [3.05, 3.63) is 83.7 Å². The Bertz CT molecular complexity index is 1060. The van der Waals surface area contributed by atoms with E-state index in [1.807, 2.05) is 38.3 Å². The van der Waals surface area contributed by atoms with Crippen molar-refractivity contribution in [2.45, 2.75) is 39.9 Å². The van der Waals surface area contributed by atoms with Crippen LogP contribution in [0.1, 0.15) is 31.4 Å². The van der Waals surface area contributed by atoms with Gasteiger partial charge in [-0.2, -0.15) is 17.7 Å². The minimum Gasteiger partial charge on any atom is -0.249 e. The van der Waals surface area contributed by atoms with Crippen molar-refractivity contribution in [2.24, 2.45) is 0 Å². The van der Waals surface area contributed by atoms with E-state index < -0.39 is 11.7 Å². The molecule has 0 aliphatic rings. The molecular weight excluding hydrogens is 373 g/mol. The number of alkyl halides is 3. The molecule has 0 amide bonds. The van der Waals surface area contributed by atoms with Gasteiger partial charge in [0.15, 0.2) is 12.7 Å². The number of benzene rings is 1. The zero-order chi connectivity index (χ0) is 21.0. The van der Waals surface area contributed by atoms with Gasteiger partial charge in [0, 0.05) is 28.3 Å². The van der Waals surface area contributed by atoms with Gasteiger partial charge in [0.1, 0.15) is 5.52 Å². The number of hydrogen-bond donors (Lipinski definition) is 0. The third-order valence-corrected chi connectivity index (χ3v) is 4.87. The van der Waals surface area contributed by atoms with Gasteiger partial charge in [-0.05, 0) is 50.6 Å². The number of hydrogen-bond acceptors (Lipinski definition) is 1. The van der Waals surface area contributed by atoms with Crippen LogP contribution in [0.5, 0.6) is 0 Å². The van der Waals surface area contributed by atoms with E-state index in [1.54, 1.807) is 6.20 Å². The average molecular weight is 397 g/mol. The molecule has 0 N–H and O–H groups in total. The molecule has 0 saturated heterocycles. The van der Waals surface area contributed by atoms with E-state index in [1.165, 1.54) is 12.1 Å². The molecule has 0 radical (unpaired) electrons. The average Bonchev–Trinajstić information content (AvgIpc) is 2.71. The molecule has 0 unspecified atom stereocenters. The molecule has 0 saturated carbocycles. The molecule has 0 fully saturated rings. The van der Waals surface area contributed by atoms with Gasteiger partial charge < -0.3 is 0 Å². The van der Waals surface area contributed by atoms with Crippen LogP contribution < -0.4 is 4.57 Å². The smallest absolute Gasteiger partial charge is 0.249 e. The predicted octanol–water partition coefficient (Wildman–Crippen LogP) is 6.43. The summed E-state index contributed by atoms with van der Waals surface area (Å²) in [7, 11) is 0. The standard InChI is InChI=1S/C24H24F3N2/c1-4-6-8-18(5-2)16-29-15-17(3)21-9-7-14-28-22(21)23(29)19-10-12-20(13-11-19)24(25,26)27/h5-15H,4,16H2,1-3H3/q+1/b8-6-,18-5+. The molecule has 3 aromatic rings. The summed E-state index contributed by atoms with van der Waals surface area (Å²) in [6.07, 6.45) is 6.57. The van der Waals surface area contributed by atoms with Gasteiger partial charge in [0.25, 0.3) is 0 Å². The molecule has 2 nitrogen and oxygen atoms in total. The maximum absolute atomic E-state index is 13.0. The van der Waals surface area contributed by atoms with Crippen LogP contribution in [0.3, 0.4) is 0 Å². The highest BCUT2D eigenvalue weighted by molar-refractivity contribution is 5.91. The first-order chi connectivity index (χ1) is 13.8. The minimum absolute atomic E-state index is 0.608. The Balaban J connectivity index is 2.20. The number of aromatic nitrogens is 2. The van der Waals surface area contributed by atoms with Gasteiger partial charge in [-0.1, -0.05) is 31.2 Å². The molecule has 0 atom stereocenters. The maximum Gasteiger partial charge on any atom is 0.416 e. The highest BCUT2D eigenvalue weighted by Crippen LogP contribution is 2.32. The molecule has 2 heterocycles. The van der Waals surface area contributed by atoms with Crippen molar-refractivity contribution >= 4 is 10.9 Å².